The molecule has 0 N–H and O–H groups in total. The summed E-state index contributed by atoms with van der Waals surface area (Å²) in [6.45, 7) is 6.35. The molecule has 0 rings (SSSR count). The van der Waals surface area contributed by atoms with Crippen LogP contribution in [0.1, 0.15) is 136 Å². The van der Waals surface area contributed by atoms with Crippen molar-refractivity contribution < 1.29 is 24.1 Å². The van der Waals surface area contributed by atoms with Crippen LogP contribution in [0.25, 0.3) is 0 Å². The lowest BCUT2D eigenvalue weighted by molar-refractivity contribution is -0.710. The second-order valence-electron chi connectivity index (χ2n) is 9.30. The topological polar surface area (TPSA) is 104 Å². The van der Waals surface area contributed by atoms with Gasteiger partial charge in [-0.25, -0.2) is 0 Å². The lowest BCUT2D eigenvalue weighted by Gasteiger charge is -2.29. The van der Waals surface area contributed by atoms with Crippen LogP contribution in [-0.4, -0.2) is 28.6 Å². The predicted molar refractivity (Wildman–Crippen MR) is 139 cm³/mol. The summed E-state index contributed by atoms with van der Waals surface area (Å²) in [4.78, 5) is 51.1. The number of rotatable bonds is 25. The van der Waals surface area contributed by atoms with Crippen LogP contribution in [0.5, 0.6) is 0 Å². The van der Waals surface area contributed by atoms with E-state index >= 15 is 0 Å². The van der Waals surface area contributed by atoms with E-state index in [1.54, 1.807) is 0 Å². The summed E-state index contributed by atoms with van der Waals surface area (Å²) in [5, 5.41) is 9.83. The third kappa shape index (κ3) is 13.5. The molecule has 0 aromatic rings. The molecule has 0 spiro atoms. The first kappa shape index (κ1) is 32.6. The fraction of sp³-hybridized carbons (Fsp3) is 0.885. The Hall–Kier alpha value is -1.36. The minimum absolute atomic E-state index is 0.163. The molecule has 0 aliphatic rings. The summed E-state index contributed by atoms with van der Waals surface area (Å²) in [6, 6.07) is 0. The van der Waals surface area contributed by atoms with Gasteiger partial charge in [0.1, 0.15) is 0 Å². The highest BCUT2D eigenvalue weighted by Crippen LogP contribution is 2.36. The number of hydrogen-bond acceptors (Lipinski definition) is 6. The molecule has 0 aromatic heterocycles. The quantitative estimate of drug-likeness (QED) is 0.0420. The van der Waals surface area contributed by atoms with E-state index in [-0.39, 0.29) is 42.8 Å². The van der Waals surface area contributed by atoms with Gasteiger partial charge >= 0.3 is 0 Å². The first-order chi connectivity index (χ1) is 16.4. The Morgan fingerprint density at radius 2 is 0.971 bits per heavy atom. The molecule has 198 valence electrons. The van der Waals surface area contributed by atoms with E-state index in [9.17, 15) is 24.5 Å². The molecule has 0 aromatic carbocycles. The van der Waals surface area contributed by atoms with Crippen molar-refractivity contribution in [1.29, 1.82) is 0 Å². The Balaban J connectivity index is 5.54. The van der Waals surface area contributed by atoms with Gasteiger partial charge in [-0.05, 0) is 19.3 Å². The standard InChI is InChI=1S/C26H48NO6P/c1-4-7-10-13-16-19-23(28)26(22-34-33-27(31)32,24(29)20-17-14-11-8-5-2)25(30)21-18-15-12-9-6-3/h34H,4-22H2,1-3H3. The molecule has 0 radical (unpaired) electrons. The van der Waals surface area contributed by atoms with Gasteiger partial charge in [-0.3, -0.25) is 19.0 Å². The van der Waals surface area contributed by atoms with Crippen molar-refractivity contribution in [3.8, 4) is 0 Å². The molecular formula is C26H48NO6P. The lowest BCUT2D eigenvalue weighted by Crippen LogP contribution is -2.48. The zero-order valence-electron chi connectivity index (χ0n) is 21.8. The first-order valence-electron chi connectivity index (χ1n) is 13.5. The van der Waals surface area contributed by atoms with Gasteiger partial charge in [0, 0.05) is 25.4 Å². The Morgan fingerprint density at radius 1 is 0.647 bits per heavy atom. The van der Waals surface area contributed by atoms with Crippen LogP contribution >= 0.6 is 8.81 Å². The Labute approximate surface area is 208 Å². The van der Waals surface area contributed by atoms with Crippen molar-refractivity contribution in [3.05, 3.63) is 10.1 Å². The molecule has 1 unspecified atom stereocenters. The summed E-state index contributed by atoms with van der Waals surface area (Å²) in [5.41, 5.74) is -1.78. The highest BCUT2D eigenvalue weighted by atomic mass is 31.1. The lowest BCUT2D eigenvalue weighted by atomic mass is 9.72. The van der Waals surface area contributed by atoms with Crippen LogP contribution in [0.2, 0.25) is 0 Å². The molecule has 8 heteroatoms. The van der Waals surface area contributed by atoms with Crippen molar-refractivity contribution in [2.75, 3.05) is 6.16 Å². The third-order valence-electron chi connectivity index (χ3n) is 6.43. The molecule has 1 atom stereocenters. The van der Waals surface area contributed by atoms with Crippen LogP contribution in [-0.2, 0) is 19.0 Å². The minimum Gasteiger partial charge on any atom is -0.298 e. The van der Waals surface area contributed by atoms with Gasteiger partial charge in [0.2, 0.25) is 0 Å². The van der Waals surface area contributed by atoms with Gasteiger partial charge in [0.25, 0.3) is 5.09 Å². The maximum absolute atomic E-state index is 13.5. The maximum Gasteiger partial charge on any atom is 0.297 e. The number of hydrogen-bond donors (Lipinski definition) is 0. The zero-order valence-corrected chi connectivity index (χ0v) is 22.8. The first-order valence-corrected chi connectivity index (χ1v) is 14.6. The predicted octanol–water partition coefficient (Wildman–Crippen LogP) is 7.56. The smallest absolute Gasteiger partial charge is 0.297 e. The summed E-state index contributed by atoms with van der Waals surface area (Å²) >= 11 is 0. The fourth-order valence-electron chi connectivity index (χ4n) is 4.26. The molecule has 0 aliphatic carbocycles. The molecule has 34 heavy (non-hydrogen) atoms. The van der Waals surface area contributed by atoms with E-state index in [0.717, 1.165) is 77.0 Å². The number of Topliss-reactive ketones (excluding diaryl/α,β-unsaturated/α-hetero) is 3. The van der Waals surface area contributed by atoms with Crippen LogP contribution in [0.3, 0.4) is 0 Å². The van der Waals surface area contributed by atoms with E-state index in [0.29, 0.717) is 19.3 Å². The van der Waals surface area contributed by atoms with E-state index in [4.69, 9.17) is 0 Å². The average Bonchev–Trinajstić information content (AvgIpc) is 2.80. The summed E-state index contributed by atoms with van der Waals surface area (Å²) < 4.78 is 4.51. The molecule has 0 bridgehead atoms. The van der Waals surface area contributed by atoms with Gasteiger partial charge < -0.3 is 0 Å². The second-order valence-corrected chi connectivity index (χ2v) is 10.1. The summed E-state index contributed by atoms with van der Waals surface area (Å²) in [5.74, 6) is -1.08. The second kappa shape index (κ2) is 21.0. The molecule has 0 heterocycles. The number of unbranched alkanes of at least 4 members (excludes halogenated alkanes) is 12. The van der Waals surface area contributed by atoms with Crippen molar-refractivity contribution >= 4 is 26.2 Å². The van der Waals surface area contributed by atoms with Crippen molar-refractivity contribution in [2.24, 2.45) is 5.41 Å². The maximum atomic E-state index is 13.5. The molecule has 0 saturated heterocycles. The summed E-state index contributed by atoms with van der Waals surface area (Å²) in [6.07, 6.45) is 14.4. The fourth-order valence-corrected chi connectivity index (χ4v) is 5.24. The molecule has 0 aliphatic heterocycles. The van der Waals surface area contributed by atoms with Gasteiger partial charge in [-0.15, -0.1) is 10.1 Å². The number of ketones is 3. The van der Waals surface area contributed by atoms with E-state index in [1.165, 1.54) is 0 Å². The van der Waals surface area contributed by atoms with Crippen molar-refractivity contribution in [2.45, 2.75) is 136 Å². The van der Waals surface area contributed by atoms with E-state index < -0.39 is 19.3 Å². The normalized spacial score (nSPS) is 11.7. The van der Waals surface area contributed by atoms with Gasteiger partial charge in [0.05, 0.1) is 8.81 Å². The third-order valence-corrected chi connectivity index (χ3v) is 7.38. The Morgan fingerprint density at radius 3 is 1.26 bits per heavy atom. The molecule has 0 amide bonds. The average molecular weight is 502 g/mol. The SMILES string of the molecule is CCCCCCCC(=O)C(CPO[N+](=O)[O-])(C(=O)CCCCCCC)C(=O)CCCCCCC. The zero-order chi connectivity index (χ0) is 25.7. The van der Waals surface area contributed by atoms with Gasteiger partial charge in [-0.2, -0.15) is 0 Å². The highest BCUT2D eigenvalue weighted by Gasteiger charge is 2.49. The molecular weight excluding hydrogens is 453 g/mol. The minimum atomic E-state index is -1.78. The van der Waals surface area contributed by atoms with Crippen molar-refractivity contribution in [1.82, 2.24) is 0 Å². The molecule has 0 saturated carbocycles. The van der Waals surface area contributed by atoms with E-state index in [1.807, 2.05) is 0 Å². The van der Waals surface area contributed by atoms with Crippen LogP contribution < -0.4 is 0 Å². The summed E-state index contributed by atoms with van der Waals surface area (Å²) in [7, 11) is -0.703. The van der Waals surface area contributed by atoms with Crippen LogP contribution in [0.4, 0.5) is 0 Å². The van der Waals surface area contributed by atoms with Crippen molar-refractivity contribution in [3.63, 3.8) is 0 Å². The molecule has 7 nitrogen and oxygen atoms in total. The number of carbonyl (C=O) groups excluding carboxylic acids is 3. The largest absolute Gasteiger partial charge is 0.298 e. The number of nitrogens with zero attached hydrogens (tertiary/aromatic N) is 1. The van der Waals surface area contributed by atoms with Crippen LogP contribution in [0, 0.1) is 15.5 Å². The Kier molecular flexibility index (Phi) is 20.1. The molecule has 0 fully saturated rings. The monoisotopic (exact) mass is 501 g/mol. The van der Waals surface area contributed by atoms with Gasteiger partial charge in [-0.1, -0.05) is 97.8 Å². The van der Waals surface area contributed by atoms with Crippen LogP contribution in [0.15, 0.2) is 0 Å². The van der Waals surface area contributed by atoms with Gasteiger partial charge in [0.15, 0.2) is 22.8 Å². The Bertz CT molecular complexity index is 531. The van der Waals surface area contributed by atoms with E-state index in [2.05, 4.69) is 25.4 Å². The highest BCUT2D eigenvalue weighted by molar-refractivity contribution is 7.32. The number of carbonyl (C=O) groups is 3.